The minimum atomic E-state index is -0.447. The molecular weight excluding hydrogens is 398 g/mol. The number of benzene rings is 1. The molecule has 0 fully saturated rings. The summed E-state index contributed by atoms with van der Waals surface area (Å²) in [6.07, 6.45) is 4.06. The number of anilines is 1. The third-order valence-electron chi connectivity index (χ3n) is 5.28. The molecule has 31 heavy (non-hydrogen) atoms. The van der Waals surface area contributed by atoms with Crippen LogP contribution >= 0.6 is 0 Å². The Hall–Kier alpha value is -3.04. The number of hydrogen-bond donors (Lipinski definition) is 2. The minimum Gasteiger partial charge on any atom is -0.486 e. The van der Waals surface area contributed by atoms with Gasteiger partial charge in [0.1, 0.15) is 11.8 Å². The van der Waals surface area contributed by atoms with Crippen molar-refractivity contribution in [3.63, 3.8) is 0 Å². The largest absolute Gasteiger partial charge is 0.486 e. The second-order valence-electron chi connectivity index (χ2n) is 8.11. The first kappa shape index (κ1) is 22.6. The lowest BCUT2D eigenvalue weighted by molar-refractivity contribution is 0.0365. The fourth-order valence-corrected chi connectivity index (χ4v) is 3.52. The first-order valence-corrected chi connectivity index (χ1v) is 10.2. The van der Waals surface area contributed by atoms with E-state index in [0.29, 0.717) is 30.1 Å². The van der Waals surface area contributed by atoms with Crippen LogP contribution in [0.4, 0.5) is 5.69 Å². The molecule has 1 aromatic heterocycles. The fourth-order valence-electron chi connectivity index (χ4n) is 3.52. The molecule has 1 aliphatic heterocycles. The lowest BCUT2D eigenvalue weighted by atomic mass is 9.99. The predicted molar refractivity (Wildman–Crippen MR) is 116 cm³/mol. The summed E-state index contributed by atoms with van der Waals surface area (Å²) in [5, 5.41) is 12.5. The van der Waals surface area contributed by atoms with Crippen LogP contribution in [-0.4, -0.2) is 82.6 Å². The number of carbonyl (C=O) groups excluding carboxylic acids is 2. The molecular formula is C22H29N5O4. The maximum Gasteiger partial charge on any atom is 0.275 e. The van der Waals surface area contributed by atoms with E-state index in [9.17, 15) is 14.7 Å². The van der Waals surface area contributed by atoms with Gasteiger partial charge in [0.05, 0.1) is 30.1 Å². The number of aliphatic hydroxyl groups is 1. The quantitative estimate of drug-likeness (QED) is 0.719. The van der Waals surface area contributed by atoms with Gasteiger partial charge >= 0.3 is 0 Å². The van der Waals surface area contributed by atoms with Crippen molar-refractivity contribution in [1.29, 1.82) is 0 Å². The molecule has 0 aliphatic carbocycles. The van der Waals surface area contributed by atoms with Gasteiger partial charge in [-0.3, -0.25) is 14.6 Å². The molecule has 2 N–H and O–H groups in total. The minimum absolute atomic E-state index is 0.00255. The van der Waals surface area contributed by atoms with Crippen LogP contribution in [0.3, 0.4) is 0 Å². The highest BCUT2D eigenvalue weighted by Crippen LogP contribution is 2.35. The van der Waals surface area contributed by atoms with Crippen LogP contribution in [0.5, 0.6) is 5.75 Å². The van der Waals surface area contributed by atoms with Crippen molar-refractivity contribution < 1.29 is 19.4 Å². The topological polar surface area (TPSA) is 108 Å². The summed E-state index contributed by atoms with van der Waals surface area (Å²) in [6, 6.07) is 4.72. The monoisotopic (exact) mass is 427 g/mol. The highest BCUT2D eigenvalue weighted by Gasteiger charge is 2.34. The maximum atomic E-state index is 13.4. The van der Waals surface area contributed by atoms with Gasteiger partial charge in [-0.2, -0.15) is 0 Å². The summed E-state index contributed by atoms with van der Waals surface area (Å²) < 4.78 is 6.36. The molecule has 0 saturated carbocycles. The van der Waals surface area contributed by atoms with Gasteiger partial charge < -0.3 is 25.0 Å². The summed E-state index contributed by atoms with van der Waals surface area (Å²) in [4.78, 5) is 37.7. The molecule has 0 radical (unpaired) electrons. The average Bonchev–Trinajstić information content (AvgIpc) is 2.76. The predicted octanol–water partition coefficient (Wildman–Crippen LogP) is 1.51. The van der Waals surface area contributed by atoms with Crippen LogP contribution in [0.15, 0.2) is 36.8 Å². The standard InChI is InChI=1S/C22H29N5O4/c1-14-11-27(15(2)13-28)22(30)16-6-5-7-17(20(16)31-19(14)12-26(3)4)25-21(29)18-10-23-8-9-24-18/h5-10,14-15,19,28H,11-13H2,1-4H3,(H,25,29)/t14-,15+,19-/m1/s1. The maximum absolute atomic E-state index is 13.4. The Morgan fingerprint density at radius 1 is 1.39 bits per heavy atom. The molecule has 166 valence electrons. The number of nitrogens with zero attached hydrogens (tertiary/aromatic N) is 4. The van der Waals surface area contributed by atoms with Crippen LogP contribution in [0.1, 0.15) is 34.7 Å². The van der Waals surface area contributed by atoms with E-state index in [-0.39, 0.29) is 36.3 Å². The van der Waals surface area contributed by atoms with Gasteiger partial charge in [-0.15, -0.1) is 0 Å². The van der Waals surface area contributed by atoms with Crippen molar-refractivity contribution in [3.05, 3.63) is 48.0 Å². The number of likely N-dealkylation sites (N-methyl/N-ethyl adjacent to an activating group) is 1. The van der Waals surface area contributed by atoms with E-state index in [1.807, 2.05) is 32.8 Å². The van der Waals surface area contributed by atoms with E-state index in [1.54, 1.807) is 23.1 Å². The smallest absolute Gasteiger partial charge is 0.275 e. The van der Waals surface area contributed by atoms with E-state index in [1.165, 1.54) is 18.6 Å². The van der Waals surface area contributed by atoms with Crippen LogP contribution < -0.4 is 10.1 Å². The number of amides is 2. The number of carbonyl (C=O) groups is 2. The normalized spacial score (nSPS) is 19.8. The Kier molecular flexibility index (Phi) is 7.19. The van der Waals surface area contributed by atoms with Crippen molar-refractivity contribution in [2.45, 2.75) is 26.0 Å². The highest BCUT2D eigenvalue weighted by atomic mass is 16.5. The third kappa shape index (κ3) is 5.18. The number of nitrogens with one attached hydrogen (secondary N) is 1. The summed E-state index contributed by atoms with van der Waals surface area (Å²) in [5.41, 5.74) is 0.884. The molecule has 9 heteroatoms. The summed E-state index contributed by atoms with van der Waals surface area (Å²) >= 11 is 0. The van der Waals surface area contributed by atoms with Gasteiger partial charge in [-0.1, -0.05) is 13.0 Å². The Bertz CT molecular complexity index is 921. The molecule has 0 bridgehead atoms. The molecule has 1 aliphatic rings. The lowest BCUT2D eigenvalue weighted by Crippen LogP contribution is -2.49. The zero-order valence-corrected chi connectivity index (χ0v) is 18.3. The van der Waals surface area contributed by atoms with E-state index >= 15 is 0 Å². The van der Waals surface area contributed by atoms with Gasteiger partial charge in [-0.05, 0) is 33.2 Å². The number of hydrogen-bond acceptors (Lipinski definition) is 7. The molecule has 2 heterocycles. The van der Waals surface area contributed by atoms with Gasteiger partial charge in [0, 0.05) is 31.4 Å². The number of rotatable bonds is 6. The SMILES string of the molecule is C[C@@H]1CN([C@@H](C)CO)C(=O)c2cccc(NC(=O)c3cnccn3)c2O[C@@H]1CN(C)C. The first-order valence-electron chi connectivity index (χ1n) is 10.2. The highest BCUT2D eigenvalue weighted by molar-refractivity contribution is 6.06. The molecule has 3 atom stereocenters. The molecule has 0 spiro atoms. The second kappa shape index (κ2) is 9.84. The van der Waals surface area contributed by atoms with Crippen LogP contribution in [0.2, 0.25) is 0 Å². The molecule has 2 aromatic rings. The molecule has 0 unspecified atom stereocenters. The Labute approximate surface area is 182 Å². The summed E-state index contributed by atoms with van der Waals surface area (Å²) in [5.74, 6) is -0.379. The van der Waals surface area contributed by atoms with Gasteiger partial charge in [-0.25, -0.2) is 4.98 Å². The van der Waals surface area contributed by atoms with Crippen LogP contribution in [-0.2, 0) is 0 Å². The average molecular weight is 428 g/mol. The Morgan fingerprint density at radius 3 is 2.81 bits per heavy atom. The molecule has 2 amide bonds. The number of fused-ring (bicyclic) bond motifs is 1. The Balaban J connectivity index is 2.04. The number of ether oxygens (including phenoxy) is 1. The zero-order valence-electron chi connectivity index (χ0n) is 18.3. The Morgan fingerprint density at radius 2 is 2.16 bits per heavy atom. The molecule has 9 nitrogen and oxygen atoms in total. The van der Waals surface area contributed by atoms with E-state index in [2.05, 4.69) is 15.3 Å². The van der Waals surface area contributed by atoms with Crippen molar-refractivity contribution in [1.82, 2.24) is 19.8 Å². The van der Waals surface area contributed by atoms with Crippen molar-refractivity contribution in [3.8, 4) is 5.75 Å². The number of para-hydroxylation sites is 1. The van der Waals surface area contributed by atoms with Crippen molar-refractivity contribution >= 4 is 17.5 Å². The van der Waals surface area contributed by atoms with E-state index in [4.69, 9.17) is 4.74 Å². The van der Waals surface area contributed by atoms with Gasteiger partial charge in [0.15, 0.2) is 5.75 Å². The van der Waals surface area contributed by atoms with Crippen LogP contribution in [0, 0.1) is 5.92 Å². The fraction of sp³-hybridized carbons (Fsp3) is 0.455. The lowest BCUT2D eigenvalue weighted by Gasteiger charge is -2.38. The van der Waals surface area contributed by atoms with E-state index < -0.39 is 5.91 Å². The number of aromatic nitrogens is 2. The van der Waals surface area contributed by atoms with E-state index in [0.717, 1.165) is 0 Å². The van der Waals surface area contributed by atoms with Crippen molar-refractivity contribution in [2.24, 2.45) is 5.92 Å². The van der Waals surface area contributed by atoms with Crippen LogP contribution in [0.25, 0.3) is 0 Å². The molecule has 1 aromatic carbocycles. The third-order valence-corrected chi connectivity index (χ3v) is 5.28. The first-order chi connectivity index (χ1) is 14.8. The molecule has 3 rings (SSSR count). The second-order valence-corrected chi connectivity index (χ2v) is 8.11. The molecule has 0 saturated heterocycles. The number of aliphatic hydroxyl groups excluding tert-OH is 1. The van der Waals surface area contributed by atoms with Gasteiger partial charge in [0.25, 0.3) is 11.8 Å². The zero-order chi connectivity index (χ0) is 22.5. The summed E-state index contributed by atoms with van der Waals surface area (Å²) in [6.45, 7) is 4.77. The van der Waals surface area contributed by atoms with Crippen molar-refractivity contribution in [2.75, 3.05) is 39.1 Å². The van der Waals surface area contributed by atoms with Gasteiger partial charge in [0.2, 0.25) is 0 Å². The summed E-state index contributed by atoms with van der Waals surface area (Å²) in [7, 11) is 3.91.